The van der Waals surface area contributed by atoms with E-state index in [0.717, 1.165) is 19.5 Å². The van der Waals surface area contributed by atoms with Crippen LogP contribution in [0.15, 0.2) is 16.8 Å². The van der Waals surface area contributed by atoms with Crippen LogP contribution in [0.4, 0.5) is 0 Å². The van der Waals surface area contributed by atoms with Crippen molar-refractivity contribution in [3.05, 3.63) is 22.4 Å². The normalized spacial score (nSPS) is 13.2. The maximum Gasteiger partial charge on any atom is 0.0120 e. The molecule has 0 aromatic carbocycles. The van der Waals surface area contributed by atoms with Crippen molar-refractivity contribution in [2.24, 2.45) is 0 Å². The summed E-state index contributed by atoms with van der Waals surface area (Å²) in [5.41, 5.74) is 1.47. The predicted octanol–water partition coefficient (Wildman–Crippen LogP) is 2.61. The first-order valence-electron chi connectivity index (χ1n) is 6.11. The lowest BCUT2D eigenvalue weighted by atomic mass is 10.1. The van der Waals surface area contributed by atoms with Gasteiger partial charge in [0.25, 0.3) is 0 Å². The summed E-state index contributed by atoms with van der Waals surface area (Å²) in [5, 5.41) is 8.07. The van der Waals surface area contributed by atoms with Crippen LogP contribution in [-0.4, -0.2) is 38.1 Å². The molecule has 0 aliphatic heterocycles. The van der Waals surface area contributed by atoms with Gasteiger partial charge >= 0.3 is 0 Å². The molecule has 1 aromatic heterocycles. The van der Waals surface area contributed by atoms with Gasteiger partial charge in [-0.15, -0.1) is 0 Å². The molecule has 3 heteroatoms. The fourth-order valence-electron chi connectivity index (χ4n) is 1.73. The summed E-state index contributed by atoms with van der Waals surface area (Å²) in [6, 6.07) is 2.86. The second-order valence-electron chi connectivity index (χ2n) is 4.58. The highest BCUT2D eigenvalue weighted by Crippen LogP contribution is 2.10. The average Bonchev–Trinajstić information content (AvgIpc) is 2.74. The highest BCUT2D eigenvalue weighted by molar-refractivity contribution is 7.07. The van der Waals surface area contributed by atoms with Crippen LogP contribution in [0.5, 0.6) is 0 Å². The minimum absolute atomic E-state index is 0.622. The number of nitrogens with one attached hydrogen (secondary N) is 1. The zero-order valence-electron chi connectivity index (χ0n) is 10.7. The molecule has 0 spiro atoms. The molecule has 1 unspecified atom stereocenters. The van der Waals surface area contributed by atoms with E-state index in [-0.39, 0.29) is 0 Å². The number of hydrogen-bond donors (Lipinski definition) is 1. The highest BCUT2D eigenvalue weighted by atomic mass is 32.1. The Bertz CT molecular complexity index is 257. The van der Waals surface area contributed by atoms with Crippen LogP contribution >= 0.6 is 11.3 Å². The minimum Gasteiger partial charge on any atom is -0.314 e. The number of thiophene rings is 1. The molecule has 1 rings (SSSR count). The van der Waals surface area contributed by atoms with E-state index in [4.69, 9.17) is 0 Å². The van der Waals surface area contributed by atoms with Gasteiger partial charge in [-0.05, 0) is 68.8 Å². The van der Waals surface area contributed by atoms with Crippen LogP contribution in [0.25, 0.3) is 0 Å². The van der Waals surface area contributed by atoms with E-state index in [1.54, 1.807) is 11.3 Å². The summed E-state index contributed by atoms with van der Waals surface area (Å²) < 4.78 is 0. The van der Waals surface area contributed by atoms with E-state index in [9.17, 15) is 0 Å². The molecule has 0 saturated carbocycles. The molecular weight excluding hydrogens is 216 g/mol. The van der Waals surface area contributed by atoms with Crippen molar-refractivity contribution in [1.29, 1.82) is 0 Å². The van der Waals surface area contributed by atoms with Gasteiger partial charge < -0.3 is 10.2 Å². The molecule has 0 amide bonds. The second kappa shape index (κ2) is 7.82. The third kappa shape index (κ3) is 5.64. The Morgan fingerprint density at radius 3 is 2.81 bits per heavy atom. The third-order valence-electron chi connectivity index (χ3n) is 2.67. The van der Waals surface area contributed by atoms with Gasteiger partial charge in [0.15, 0.2) is 0 Å². The van der Waals surface area contributed by atoms with Gasteiger partial charge in [0.2, 0.25) is 0 Å². The number of nitrogens with zero attached hydrogens (tertiary/aromatic N) is 1. The Hall–Kier alpha value is -0.380. The fraction of sp³-hybridized carbons (Fsp3) is 0.692. The molecule has 1 N–H and O–H groups in total. The second-order valence-corrected chi connectivity index (χ2v) is 5.36. The Morgan fingerprint density at radius 2 is 2.25 bits per heavy atom. The van der Waals surface area contributed by atoms with E-state index in [1.807, 2.05) is 0 Å². The Balaban J connectivity index is 2.36. The van der Waals surface area contributed by atoms with Crippen LogP contribution in [0.3, 0.4) is 0 Å². The average molecular weight is 240 g/mol. The topological polar surface area (TPSA) is 15.3 Å². The summed E-state index contributed by atoms with van der Waals surface area (Å²) >= 11 is 1.79. The zero-order valence-corrected chi connectivity index (χ0v) is 11.5. The zero-order chi connectivity index (χ0) is 11.8. The van der Waals surface area contributed by atoms with Crippen LogP contribution in [-0.2, 0) is 6.42 Å². The predicted molar refractivity (Wildman–Crippen MR) is 73.3 cm³/mol. The van der Waals surface area contributed by atoms with Gasteiger partial charge in [-0.25, -0.2) is 0 Å². The largest absolute Gasteiger partial charge is 0.314 e. The molecule has 0 aliphatic rings. The third-order valence-corrected chi connectivity index (χ3v) is 3.40. The molecule has 1 aromatic rings. The lowest BCUT2D eigenvalue weighted by molar-refractivity contribution is 0.356. The standard InChI is InChI=1S/C13H24N2S/c1-4-7-14-13(5-8-15(2)3)10-12-6-9-16-11-12/h6,9,11,13-14H,4-5,7-8,10H2,1-3H3. The molecule has 92 valence electrons. The van der Waals surface area contributed by atoms with Gasteiger partial charge in [-0.1, -0.05) is 6.92 Å². The molecule has 2 nitrogen and oxygen atoms in total. The van der Waals surface area contributed by atoms with E-state index in [1.165, 1.54) is 18.4 Å². The first kappa shape index (κ1) is 13.7. The van der Waals surface area contributed by atoms with Crippen molar-refractivity contribution in [2.45, 2.75) is 32.2 Å². The van der Waals surface area contributed by atoms with Crippen molar-refractivity contribution < 1.29 is 0 Å². The van der Waals surface area contributed by atoms with Crippen molar-refractivity contribution in [1.82, 2.24) is 10.2 Å². The highest BCUT2D eigenvalue weighted by Gasteiger charge is 2.09. The van der Waals surface area contributed by atoms with Gasteiger partial charge in [0, 0.05) is 6.04 Å². The maximum atomic E-state index is 3.64. The molecule has 0 bridgehead atoms. The van der Waals surface area contributed by atoms with Gasteiger partial charge in [-0.2, -0.15) is 11.3 Å². The van der Waals surface area contributed by atoms with E-state index in [2.05, 4.69) is 48.1 Å². The molecule has 0 aliphatic carbocycles. The lowest BCUT2D eigenvalue weighted by Crippen LogP contribution is -2.34. The van der Waals surface area contributed by atoms with E-state index < -0.39 is 0 Å². The Labute approximate surface area is 104 Å². The summed E-state index contributed by atoms with van der Waals surface area (Å²) in [7, 11) is 4.28. The Morgan fingerprint density at radius 1 is 1.44 bits per heavy atom. The first-order valence-corrected chi connectivity index (χ1v) is 7.05. The van der Waals surface area contributed by atoms with Crippen molar-refractivity contribution >= 4 is 11.3 Å². The van der Waals surface area contributed by atoms with Gasteiger partial charge in [-0.3, -0.25) is 0 Å². The quantitative estimate of drug-likeness (QED) is 0.751. The summed E-state index contributed by atoms with van der Waals surface area (Å²) in [5.74, 6) is 0. The number of hydrogen-bond acceptors (Lipinski definition) is 3. The maximum absolute atomic E-state index is 3.64. The van der Waals surface area contributed by atoms with Gasteiger partial charge in [0.05, 0.1) is 0 Å². The SMILES string of the molecule is CCCNC(CCN(C)C)Cc1ccsc1. The summed E-state index contributed by atoms with van der Waals surface area (Å²) in [6.07, 6.45) is 3.60. The molecule has 0 radical (unpaired) electrons. The smallest absolute Gasteiger partial charge is 0.0120 e. The summed E-state index contributed by atoms with van der Waals surface area (Å²) in [6.45, 7) is 4.51. The molecular formula is C13H24N2S. The van der Waals surface area contributed by atoms with Crippen molar-refractivity contribution in [2.75, 3.05) is 27.2 Å². The van der Waals surface area contributed by atoms with Crippen LogP contribution in [0.2, 0.25) is 0 Å². The Kier molecular flexibility index (Phi) is 6.69. The van der Waals surface area contributed by atoms with Crippen molar-refractivity contribution in [3.63, 3.8) is 0 Å². The molecule has 0 fully saturated rings. The molecule has 0 saturated heterocycles. The van der Waals surface area contributed by atoms with Crippen LogP contribution in [0.1, 0.15) is 25.3 Å². The van der Waals surface area contributed by atoms with Crippen molar-refractivity contribution in [3.8, 4) is 0 Å². The fourth-order valence-corrected chi connectivity index (χ4v) is 2.41. The molecule has 16 heavy (non-hydrogen) atoms. The van der Waals surface area contributed by atoms with E-state index in [0.29, 0.717) is 6.04 Å². The van der Waals surface area contributed by atoms with Crippen LogP contribution < -0.4 is 5.32 Å². The summed E-state index contributed by atoms with van der Waals surface area (Å²) in [4.78, 5) is 2.26. The van der Waals surface area contributed by atoms with Gasteiger partial charge in [0.1, 0.15) is 0 Å². The lowest BCUT2D eigenvalue weighted by Gasteiger charge is -2.20. The molecule has 1 atom stereocenters. The van der Waals surface area contributed by atoms with E-state index >= 15 is 0 Å². The monoisotopic (exact) mass is 240 g/mol. The van der Waals surface area contributed by atoms with Crippen LogP contribution in [0, 0.1) is 0 Å². The first-order chi connectivity index (χ1) is 7.72. The molecule has 1 heterocycles. The number of rotatable bonds is 8. The minimum atomic E-state index is 0.622.